The molecule has 3 atom stereocenters. The molecule has 0 bridgehead atoms. The Morgan fingerprint density at radius 2 is 2.12 bits per heavy atom. The van der Waals surface area contributed by atoms with E-state index >= 15 is 0 Å². The van der Waals surface area contributed by atoms with Crippen LogP contribution in [0.1, 0.15) is 25.0 Å². The topological polar surface area (TPSA) is 76.3 Å². The molecule has 1 saturated carbocycles. The minimum absolute atomic E-state index is 0.128. The van der Waals surface area contributed by atoms with Crippen LogP contribution in [0, 0.1) is 18.8 Å². The van der Waals surface area contributed by atoms with Gasteiger partial charge in [-0.05, 0) is 43.7 Å². The van der Waals surface area contributed by atoms with Crippen LogP contribution >= 0.6 is 11.3 Å². The van der Waals surface area contributed by atoms with Crippen LogP contribution in [0.4, 0.5) is 0 Å². The van der Waals surface area contributed by atoms with E-state index in [0.29, 0.717) is 29.8 Å². The van der Waals surface area contributed by atoms with Crippen molar-refractivity contribution in [2.45, 2.75) is 37.1 Å². The summed E-state index contributed by atoms with van der Waals surface area (Å²) in [6.45, 7) is 3.09. The fraction of sp³-hybridized carbons (Fsp3) is 0.500. The Morgan fingerprint density at radius 1 is 1.28 bits per heavy atom. The first-order valence-electron chi connectivity index (χ1n) is 8.73. The maximum Gasteiger partial charge on any atom is 0.243 e. The van der Waals surface area contributed by atoms with Gasteiger partial charge in [0.15, 0.2) is 0 Å². The zero-order valence-corrected chi connectivity index (χ0v) is 15.9. The van der Waals surface area contributed by atoms with Crippen LogP contribution in [0.25, 0.3) is 10.6 Å². The Morgan fingerprint density at radius 3 is 2.84 bits per heavy atom. The first kappa shape index (κ1) is 17.1. The highest BCUT2D eigenvalue weighted by atomic mass is 32.2. The summed E-state index contributed by atoms with van der Waals surface area (Å²) >= 11 is 1.53. The summed E-state index contributed by atoms with van der Waals surface area (Å²) in [6, 6.07) is 7.27. The number of nitrogens with two attached hydrogens (primary N) is 1. The fourth-order valence-electron chi connectivity index (χ4n) is 4.10. The summed E-state index contributed by atoms with van der Waals surface area (Å²) in [5.41, 5.74) is 8.04. The molecule has 2 N–H and O–H groups in total. The molecule has 0 amide bonds. The van der Waals surface area contributed by atoms with Crippen molar-refractivity contribution < 1.29 is 8.42 Å². The van der Waals surface area contributed by atoms with E-state index in [0.717, 1.165) is 35.5 Å². The van der Waals surface area contributed by atoms with Crippen molar-refractivity contribution in [1.82, 2.24) is 9.29 Å². The molecule has 1 aromatic carbocycles. The first-order chi connectivity index (χ1) is 11.9. The number of fused-ring (bicyclic) bond motifs is 1. The lowest BCUT2D eigenvalue weighted by Gasteiger charge is -2.29. The van der Waals surface area contributed by atoms with Gasteiger partial charge in [-0.1, -0.05) is 18.6 Å². The van der Waals surface area contributed by atoms with E-state index in [9.17, 15) is 8.42 Å². The summed E-state index contributed by atoms with van der Waals surface area (Å²) in [7, 11) is -3.49. The van der Waals surface area contributed by atoms with Gasteiger partial charge < -0.3 is 5.73 Å². The fourth-order valence-corrected chi connectivity index (χ4v) is 6.47. The normalized spacial score (nSPS) is 27.4. The number of hydrogen-bond donors (Lipinski definition) is 1. The maximum absolute atomic E-state index is 13.1. The highest BCUT2D eigenvalue weighted by Crippen LogP contribution is 2.38. The van der Waals surface area contributed by atoms with E-state index in [4.69, 9.17) is 5.73 Å². The van der Waals surface area contributed by atoms with Crippen LogP contribution in [0.15, 0.2) is 34.5 Å². The Hall–Kier alpha value is -1.28. The second-order valence-corrected chi connectivity index (χ2v) is 9.96. The molecule has 5 nitrogen and oxygen atoms in total. The molecule has 2 heterocycles. The van der Waals surface area contributed by atoms with Gasteiger partial charge in [0.05, 0.1) is 4.90 Å². The van der Waals surface area contributed by atoms with Gasteiger partial charge in [-0.15, -0.1) is 11.3 Å². The third-order valence-electron chi connectivity index (χ3n) is 5.46. The summed E-state index contributed by atoms with van der Waals surface area (Å²) in [5.74, 6) is 0.705. The van der Waals surface area contributed by atoms with Gasteiger partial charge in [-0.3, -0.25) is 0 Å². The molecule has 134 valence electrons. The molecule has 2 aromatic rings. The van der Waals surface area contributed by atoms with Crippen LogP contribution in [0.3, 0.4) is 0 Å². The summed E-state index contributed by atoms with van der Waals surface area (Å²) in [5, 5.41) is 2.83. The molecule has 3 unspecified atom stereocenters. The third kappa shape index (κ3) is 3.14. The van der Waals surface area contributed by atoms with Gasteiger partial charge in [0.1, 0.15) is 5.01 Å². The molecule has 25 heavy (non-hydrogen) atoms. The van der Waals surface area contributed by atoms with Crippen molar-refractivity contribution in [3.63, 3.8) is 0 Å². The molecule has 1 saturated heterocycles. The number of nitrogens with zero attached hydrogens (tertiary/aromatic N) is 2. The van der Waals surface area contributed by atoms with Crippen molar-refractivity contribution >= 4 is 21.4 Å². The highest BCUT2D eigenvalue weighted by molar-refractivity contribution is 7.89. The largest absolute Gasteiger partial charge is 0.327 e. The van der Waals surface area contributed by atoms with Crippen LogP contribution in [-0.2, 0) is 10.0 Å². The second kappa shape index (κ2) is 6.46. The van der Waals surface area contributed by atoms with Gasteiger partial charge in [0.25, 0.3) is 0 Å². The molecular weight excluding hydrogens is 354 g/mol. The Balaban J connectivity index is 1.63. The van der Waals surface area contributed by atoms with E-state index in [-0.39, 0.29) is 6.04 Å². The summed E-state index contributed by atoms with van der Waals surface area (Å²) in [6.07, 6.45) is 3.20. The monoisotopic (exact) mass is 377 g/mol. The smallest absolute Gasteiger partial charge is 0.243 e. The number of sulfonamides is 1. The van der Waals surface area contributed by atoms with Gasteiger partial charge in [-0.25, -0.2) is 13.4 Å². The van der Waals surface area contributed by atoms with Gasteiger partial charge in [0, 0.05) is 35.8 Å². The van der Waals surface area contributed by atoms with Crippen molar-refractivity contribution in [3.05, 3.63) is 35.3 Å². The van der Waals surface area contributed by atoms with E-state index < -0.39 is 10.0 Å². The summed E-state index contributed by atoms with van der Waals surface area (Å²) in [4.78, 5) is 4.82. The number of aryl methyl sites for hydroxylation is 1. The van der Waals surface area contributed by atoms with Crippen molar-refractivity contribution in [2.24, 2.45) is 17.6 Å². The Labute approximate surface area is 152 Å². The second-order valence-electron chi connectivity index (χ2n) is 7.16. The Bertz CT molecular complexity index is 878. The molecule has 1 aromatic heterocycles. The first-order valence-corrected chi connectivity index (χ1v) is 11.1. The Kier molecular flexibility index (Phi) is 4.43. The number of benzene rings is 1. The van der Waals surface area contributed by atoms with Gasteiger partial charge in [0.2, 0.25) is 10.0 Å². The average molecular weight is 378 g/mol. The van der Waals surface area contributed by atoms with Crippen molar-refractivity contribution in [3.8, 4) is 10.6 Å². The minimum atomic E-state index is -3.49. The zero-order chi connectivity index (χ0) is 17.6. The molecular formula is C18H23N3O2S2. The van der Waals surface area contributed by atoms with E-state index in [1.54, 1.807) is 22.5 Å². The van der Waals surface area contributed by atoms with E-state index in [2.05, 4.69) is 4.98 Å². The van der Waals surface area contributed by atoms with Crippen LogP contribution in [0.2, 0.25) is 0 Å². The predicted octanol–water partition coefficient (Wildman–Crippen LogP) is 2.87. The molecule has 2 fully saturated rings. The molecule has 2 aliphatic rings. The van der Waals surface area contributed by atoms with Crippen LogP contribution < -0.4 is 5.73 Å². The molecule has 0 spiro atoms. The maximum atomic E-state index is 13.1. The summed E-state index contributed by atoms with van der Waals surface area (Å²) < 4.78 is 27.9. The quantitative estimate of drug-likeness (QED) is 0.892. The predicted molar refractivity (Wildman–Crippen MR) is 99.9 cm³/mol. The van der Waals surface area contributed by atoms with E-state index in [1.807, 2.05) is 18.4 Å². The lowest BCUT2D eigenvalue weighted by molar-refractivity contribution is 0.260. The lowest BCUT2D eigenvalue weighted by Crippen LogP contribution is -2.38. The highest BCUT2D eigenvalue weighted by Gasteiger charge is 2.43. The molecule has 7 heteroatoms. The number of rotatable bonds is 3. The van der Waals surface area contributed by atoms with Gasteiger partial charge in [-0.2, -0.15) is 4.31 Å². The number of thiazole rings is 1. The number of hydrogen-bond acceptors (Lipinski definition) is 5. The molecule has 1 aliphatic carbocycles. The van der Waals surface area contributed by atoms with Crippen molar-refractivity contribution in [2.75, 3.05) is 13.1 Å². The van der Waals surface area contributed by atoms with E-state index in [1.165, 1.54) is 11.3 Å². The van der Waals surface area contributed by atoms with Gasteiger partial charge >= 0.3 is 0 Å². The molecule has 4 rings (SSSR count). The van der Waals surface area contributed by atoms with Crippen LogP contribution in [-0.4, -0.2) is 36.8 Å². The molecule has 0 radical (unpaired) electrons. The number of aromatic nitrogens is 1. The zero-order valence-electron chi connectivity index (χ0n) is 14.3. The lowest BCUT2D eigenvalue weighted by atomic mass is 9.78. The standard InChI is InChI=1S/C18H23N3O2S2/c1-12-11-24-18(20-12)13-4-2-6-15(8-13)25(22,23)21-9-14-5-3-7-17(19)16(14)10-21/h2,4,6,8,11,14,16-17H,3,5,7,9-10,19H2,1H3. The molecule has 1 aliphatic heterocycles. The SMILES string of the molecule is Cc1csc(-c2cccc(S(=O)(=O)N3CC4CCCC(N)C4C3)c2)n1. The van der Waals surface area contributed by atoms with Crippen molar-refractivity contribution in [1.29, 1.82) is 0 Å². The minimum Gasteiger partial charge on any atom is -0.327 e. The average Bonchev–Trinajstić information content (AvgIpc) is 3.22. The third-order valence-corrected chi connectivity index (χ3v) is 8.30. The van der Waals surface area contributed by atoms with Crippen LogP contribution in [0.5, 0.6) is 0 Å².